The third kappa shape index (κ3) is 2.62. The van der Waals surface area contributed by atoms with Gasteiger partial charge < -0.3 is 9.72 Å². The standard InChI is InChI=1S/C16H15ClN2O2S/c1-8-10(3)22-16-13(8)15(20)18-14(19-16)9(2)21-12-7-5-4-6-11(12)17/h4-7,9H,1-3H3,(H,18,19,20)/t9-/m1/s1. The summed E-state index contributed by atoms with van der Waals surface area (Å²) in [5.74, 6) is 1.07. The number of fused-ring (bicyclic) bond motifs is 1. The lowest BCUT2D eigenvalue weighted by Gasteiger charge is -2.14. The number of hydrogen-bond acceptors (Lipinski definition) is 4. The average Bonchev–Trinajstić information content (AvgIpc) is 2.76. The summed E-state index contributed by atoms with van der Waals surface area (Å²) >= 11 is 7.61. The van der Waals surface area contributed by atoms with Crippen LogP contribution in [-0.2, 0) is 0 Å². The number of thiophene rings is 1. The van der Waals surface area contributed by atoms with Crippen molar-refractivity contribution in [3.05, 3.63) is 55.9 Å². The summed E-state index contributed by atoms with van der Waals surface area (Å²) in [4.78, 5) is 21.5. The number of ether oxygens (including phenoxy) is 1. The second-order valence-electron chi connectivity index (χ2n) is 5.11. The van der Waals surface area contributed by atoms with Crippen LogP contribution < -0.4 is 10.3 Å². The van der Waals surface area contributed by atoms with E-state index in [0.29, 0.717) is 22.0 Å². The van der Waals surface area contributed by atoms with Gasteiger partial charge in [-0.15, -0.1) is 11.3 Å². The molecule has 0 spiro atoms. The molecule has 0 saturated carbocycles. The van der Waals surface area contributed by atoms with Gasteiger partial charge in [0.15, 0.2) is 11.9 Å². The summed E-state index contributed by atoms with van der Waals surface area (Å²) in [5.41, 5.74) is 0.858. The maximum absolute atomic E-state index is 12.3. The Morgan fingerprint density at radius 1 is 1.32 bits per heavy atom. The molecule has 1 atom stereocenters. The molecule has 0 bridgehead atoms. The third-order valence-corrected chi connectivity index (χ3v) is 5.00. The molecule has 3 rings (SSSR count). The van der Waals surface area contributed by atoms with Crippen molar-refractivity contribution in [3.8, 4) is 5.75 Å². The summed E-state index contributed by atoms with van der Waals surface area (Å²) in [6.07, 6.45) is -0.403. The Balaban J connectivity index is 2.00. The van der Waals surface area contributed by atoms with E-state index < -0.39 is 6.10 Å². The Morgan fingerprint density at radius 2 is 2.05 bits per heavy atom. The van der Waals surface area contributed by atoms with Gasteiger partial charge in [-0.25, -0.2) is 4.98 Å². The summed E-state index contributed by atoms with van der Waals surface area (Å²) in [5, 5.41) is 1.19. The molecular formula is C16H15ClN2O2S. The summed E-state index contributed by atoms with van der Waals surface area (Å²) in [6.45, 7) is 5.76. The van der Waals surface area contributed by atoms with E-state index in [1.807, 2.05) is 32.9 Å². The first kappa shape index (κ1) is 15.1. The Bertz CT molecular complexity index is 901. The van der Waals surface area contributed by atoms with Gasteiger partial charge in [0, 0.05) is 4.88 Å². The predicted octanol–water partition coefficient (Wildman–Crippen LogP) is 4.39. The van der Waals surface area contributed by atoms with Crippen molar-refractivity contribution in [2.75, 3.05) is 0 Å². The number of nitrogens with zero attached hydrogens (tertiary/aromatic N) is 1. The van der Waals surface area contributed by atoms with Crippen LogP contribution >= 0.6 is 22.9 Å². The third-order valence-electron chi connectivity index (χ3n) is 3.58. The van der Waals surface area contributed by atoms with E-state index in [9.17, 15) is 4.79 Å². The SMILES string of the molecule is Cc1sc2nc([C@@H](C)Oc3ccccc3Cl)[nH]c(=O)c2c1C. The molecule has 2 heterocycles. The van der Waals surface area contributed by atoms with Gasteiger partial charge in [-0.3, -0.25) is 4.79 Å². The number of halogens is 1. The number of nitrogens with one attached hydrogen (secondary N) is 1. The topological polar surface area (TPSA) is 55.0 Å². The molecule has 0 saturated heterocycles. The van der Waals surface area contributed by atoms with Gasteiger partial charge in [-0.1, -0.05) is 23.7 Å². The molecule has 0 aliphatic rings. The van der Waals surface area contributed by atoms with Crippen LogP contribution in [0.25, 0.3) is 10.2 Å². The molecule has 0 radical (unpaired) electrons. The maximum atomic E-state index is 12.3. The molecule has 1 N–H and O–H groups in total. The lowest BCUT2D eigenvalue weighted by atomic mass is 10.2. The first-order valence-electron chi connectivity index (χ1n) is 6.88. The predicted molar refractivity (Wildman–Crippen MR) is 90.2 cm³/mol. The second kappa shape index (κ2) is 5.74. The zero-order valence-corrected chi connectivity index (χ0v) is 14.0. The number of aromatic nitrogens is 2. The number of aryl methyl sites for hydroxylation is 2. The fraction of sp³-hybridized carbons (Fsp3) is 0.250. The van der Waals surface area contributed by atoms with E-state index in [1.165, 1.54) is 11.3 Å². The van der Waals surface area contributed by atoms with Crippen LogP contribution in [0.3, 0.4) is 0 Å². The van der Waals surface area contributed by atoms with Crippen LogP contribution in [0.15, 0.2) is 29.1 Å². The van der Waals surface area contributed by atoms with Crippen molar-refractivity contribution < 1.29 is 4.74 Å². The highest BCUT2D eigenvalue weighted by Gasteiger charge is 2.16. The molecule has 3 aromatic rings. The van der Waals surface area contributed by atoms with Crippen molar-refractivity contribution in [2.45, 2.75) is 26.9 Å². The molecule has 0 unspecified atom stereocenters. The first-order valence-corrected chi connectivity index (χ1v) is 8.08. The van der Waals surface area contributed by atoms with E-state index in [0.717, 1.165) is 15.3 Å². The highest BCUT2D eigenvalue weighted by molar-refractivity contribution is 7.18. The maximum Gasteiger partial charge on any atom is 0.260 e. The fourth-order valence-electron chi connectivity index (χ4n) is 2.25. The fourth-order valence-corrected chi connectivity index (χ4v) is 3.47. The average molecular weight is 335 g/mol. The van der Waals surface area contributed by atoms with E-state index >= 15 is 0 Å². The summed E-state index contributed by atoms with van der Waals surface area (Å²) in [7, 11) is 0. The number of para-hydroxylation sites is 1. The van der Waals surface area contributed by atoms with Gasteiger partial charge in [0.25, 0.3) is 5.56 Å². The number of aromatic amines is 1. The molecule has 0 aliphatic heterocycles. The molecule has 114 valence electrons. The molecule has 0 amide bonds. The van der Waals surface area contributed by atoms with Crippen LogP contribution in [0.5, 0.6) is 5.75 Å². The highest BCUT2D eigenvalue weighted by Crippen LogP contribution is 2.29. The number of rotatable bonds is 3. The van der Waals surface area contributed by atoms with Crippen molar-refractivity contribution in [1.82, 2.24) is 9.97 Å². The number of H-pyrrole nitrogens is 1. The van der Waals surface area contributed by atoms with Crippen LogP contribution in [0.2, 0.25) is 5.02 Å². The molecule has 6 heteroatoms. The normalized spacial score (nSPS) is 12.5. The van der Waals surface area contributed by atoms with Gasteiger partial charge >= 0.3 is 0 Å². The molecule has 1 aromatic carbocycles. The van der Waals surface area contributed by atoms with Gasteiger partial charge in [-0.05, 0) is 38.5 Å². The van der Waals surface area contributed by atoms with Crippen molar-refractivity contribution in [3.63, 3.8) is 0 Å². The lowest BCUT2D eigenvalue weighted by molar-refractivity contribution is 0.217. The van der Waals surface area contributed by atoms with Gasteiger partial charge in [0.05, 0.1) is 10.4 Å². The van der Waals surface area contributed by atoms with Crippen LogP contribution in [0, 0.1) is 13.8 Å². The largest absolute Gasteiger partial charge is 0.481 e. The number of hydrogen-bond donors (Lipinski definition) is 1. The molecule has 2 aromatic heterocycles. The minimum atomic E-state index is -0.403. The van der Waals surface area contributed by atoms with E-state index in [4.69, 9.17) is 16.3 Å². The smallest absolute Gasteiger partial charge is 0.260 e. The van der Waals surface area contributed by atoms with Gasteiger partial charge in [-0.2, -0.15) is 0 Å². The minimum absolute atomic E-state index is 0.128. The molecular weight excluding hydrogens is 320 g/mol. The van der Waals surface area contributed by atoms with Crippen LogP contribution in [-0.4, -0.2) is 9.97 Å². The molecule has 22 heavy (non-hydrogen) atoms. The zero-order valence-electron chi connectivity index (χ0n) is 12.4. The minimum Gasteiger partial charge on any atom is -0.481 e. The molecule has 4 nitrogen and oxygen atoms in total. The summed E-state index contributed by atoms with van der Waals surface area (Å²) < 4.78 is 5.81. The Kier molecular flexibility index (Phi) is 3.93. The van der Waals surface area contributed by atoms with Crippen molar-refractivity contribution in [1.29, 1.82) is 0 Å². The Hall–Kier alpha value is -1.85. The van der Waals surface area contributed by atoms with E-state index in [-0.39, 0.29) is 5.56 Å². The van der Waals surface area contributed by atoms with Crippen molar-refractivity contribution >= 4 is 33.2 Å². The number of benzene rings is 1. The first-order chi connectivity index (χ1) is 10.5. The highest BCUT2D eigenvalue weighted by atomic mass is 35.5. The van der Waals surface area contributed by atoms with Crippen LogP contribution in [0.4, 0.5) is 0 Å². The quantitative estimate of drug-likeness (QED) is 0.772. The van der Waals surface area contributed by atoms with Gasteiger partial charge in [0.1, 0.15) is 10.6 Å². The van der Waals surface area contributed by atoms with E-state index in [2.05, 4.69) is 9.97 Å². The van der Waals surface area contributed by atoms with Gasteiger partial charge in [0.2, 0.25) is 0 Å². The monoisotopic (exact) mass is 334 g/mol. The Labute approximate surface area is 136 Å². The molecule has 0 aliphatic carbocycles. The van der Waals surface area contributed by atoms with E-state index in [1.54, 1.807) is 12.1 Å². The second-order valence-corrected chi connectivity index (χ2v) is 6.72. The zero-order chi connectivity index (χ0) is 15.9. The lowest BCUT2D eigenvalue weighted by Crippen LogP contribution is -2.16. The van der Waals surface area contributed by atoms with Crippen LogP contribution in [0.1, 0.15) is 29.3 Å². The van der Waals surface area contributed by atoms with Crippen molar-refractivity contribution in [2.24, 2.45) is 0 Å². The molecule has 0 fully saturated rings. The summed E-state index contributed by atoms with van der Waals surface area (Å²) in [6, 6.07) is 7.23. The Morgan fingerprint density at radius 3 is 2.77 bits per heavy atom.